The molecule has 4 rings (SSSR count). The molecule has 2 saturated heterocycles. The lowest BCUT2D eigenvalue weighted by Gasteiger charge is -2.24. The van der Waals surface area contributed by atoms with E-state index in [1.165, 1.54) is 11.8 Å². The summed E-state index contributed by atoms with van der Waals surface area (Å²) in [5, 5.41) is 0.443. The molecule has 9 heteroatoms. The maximum Gasteiger partial charge on any atom is 0.252 e. The standard InChI is InChI=1S/C20H19BrN2O4S2/c1-27-16-7-5-13(6-8-16)9-19(24)22-20-23(15-4-2-3-14(21)10-15)17-11-29(25,26)12-18(17)28-20/h2-8,10,17-18H,9,11-12H2,1H3/t17-,18+/m0/s1. The molecule has 2 aromatic carbocycles. The molecule has 0 radical (unpaired) electrons. The lowest BCUT2D eigenvalue weighted by atomic mass is 10.1. The molecule has 6 nitrogen and oxygen atoms in total. The number of carbonyl (C=O) groups is 1. The van der Waals surface area contributed by atoms with Gasteiger partial charge in [-0.15, -0.1) is 0 Å². The van der Waals surface area contributed by atoms with Crippen molar-refractivity contribution in [2.75, 3.05) is 23.5 Å². The second-order valence-corrected chi connectivity index (χ2v) is 11.2. The van der Waals surface area contributed by atoms with E-state index in [-0.39, 0.29) is 35.1 Å². The quantitative estimate of drug-likeness (QED) is 0.648. The summed E-state index contributed by atoms with van der Waals surface area (Å²) in [6.45, 7) is 0. The van der Waals surface area contributed by atoms with Crippen LogP contribution in [0.4, 0.5) is 5.69 Å². The summed E-state index contributed by atoms with van der Waals surface area (Å²) in [5.41, 5.74) is 1.67. The number of hydrogen-bond acceptors (Lipinski definition) is 5. The summed E-state index contributed by atoms with van der Waals surface area (Å²) in [4.78, 5) is 18.9. The third kappa shape index (κ3) is 4.51. The van der Waals surface area contributed by atoms with Crippen molar-refractivity contribution in [3.8, 4) is 5.75 Å². The number of methoxy groups -OCH3 is 1. The Labute approximate surface area is 182 Å². The number of amidine groups is 1. The number of halogens is 1. The van der Waals surface area contributed by atoms with Crippen molar-refractivity contribution >= 4 is 54.3 Å². The SMILES string of the molecule is COc1ccc(CC(=O)N=C2S[C@@H]3CS(=O)(=O)C[C@@H]3N2c2cccc(Br)c2)cc1. The normalized spacial score (nSPS) is 23.9. The Balaban J connectivity index is 1.61. The largest absolute Gasteiger partial charge is 0.497 e. The minimum atomic E-state index is -3.09. The molecule has 2 aliphatic rings. The lowest BCUT2D eigenvalue weighted by Crippen LogP contribution is -2.37. The third-order valence-corrected chi connectivity index (χ3v) is 8.59. The Morgan fingerprint density at radius 2 is 2.00 bits per heavy atom. The Bertz CT molecular complexity index is 1070. The van der Waals surface area contributed by atoms with Gasteiger partial charge >= 0.3 is 0 Å². The van der Waals surface area contributed by atoms with Crippen LogP contribution in [0, 0.1) is 0 Å². The maximum absolute atomic E-state index is 12.6. The van der Waals surface area contributed by atoms with Gasteiger partial charge in [-0.25, -0.2) is 8.42 Å². The van der Waals surface area contributed by atoms with Crippen LogP contribution in [0.3, 0.4) is 0 Å². The predicted molar refractivity (Wildman–Crippen MR) is 120 cm³/mol. The van der Waals surface area contributed by atoms with Crippen LogP contribution in [0.1, 0.15) is 5.56 Å². The fraction of sp³-hybridized carbons (Fsp3) is 0.300. The summed E-state index contributed by atoms with van der Waals surface area (Å²) >= 11 is 4.84. The van der Waals surface area contributed by atoms with E-state index in [1.54, 1.807) is 7.11 Å². The van der Waals surface area contributed by atoms with Crippen LogP contribution in [0.25, 0.3) is 0 Å². The van der Waals surface area contributed by atoms with Gasteiger partial charge in [-0.3, -0.25) is 4.79 Å². The van der Waals surface area contributed by atoms with E-state index in [1.807, 2.05) is 53.4 Å². The fourth-order valence-electron chi connectivity index (χ4n) is 3.56. The van der Waals surface area contributed by atoms with E-state index in [9.17, 15) is 13.2 Å². The Kier molecular flexibility index (Phi) is 5.72. The van der Waals surface area contributed by atoms with Crippen LogP contribution in [0.15, 0.2) is 58.0 Å². The molecule has 0 aliphatic carbocycles. The van der Waals surface area contributed by atoms with E-state index in [0.717, 1.165) is 21.5 Å². The number of ether oxygens (including phenoxy) is 1. The van der Waals surface area contributed by atoms with Crippen molar-refractivity contribution < 1.29 is 17.9 Å². The molecule has 2 heterocycles. The third-order valence-electron chi connectivity index (χ3n) is 4.89. The van der Waals surface area contributed by atoms with Crippen LogP contribution in [0.2, 0.25) is 0 Å². The number of anilines is 1. The van der Waals surface area contributed by atoms with Gasteiger partial charge in [-0.2, -0.15) is 4.99 Å². The number of benzene rings is 2. The molecule has 29 heavy (non-hydrogen) atoms. The van der Waals surface area contributed by atoms with Crippen molar-refractivity contribution in [2.24, 2.45) is 4.99 Å². The van der Waals surface area contributed by atoms with Gasteiger partial charge in [-0.1, -0.05) is 45.9 Å². The highest BCUT2D eigenvalue weighted by atomic mass is 79.9. The lowest BCUT2D eigenvalue weighted by molar-refractivity contribution is -0.117. The average Bonchev–Trinajstić information content (AvgIpc) is 3.12. The Morgan fingerprint density at radius 1 is 1.24 bits per heavy atom. The highest BCUT2D eigenvalue weighted by Gasteiger charge is 2.49. The monoisotopic (exact) mass is 494 g/mol. The molecule has 152 valence electrons. The van der Waals surface area contributed by atoms with Crippen molar-refractivity contribution in [3.05, 3.63) is 58.6 Å². The molecular formula is C20H19BrN2O4S2. The predicted octanol–water partition coefficient (Wildman–Crippen LogP) is 3.30. The summed E-state index contributed by atoms with van der Waals surface area (Å²) in [5.74, 6) is 0.649. The highest BCUT2D eigenvalue weighted by molar-refractivity contribution is 9.10. The summed E-state index contributed by atoms with van der Waals surface area (Å²) in [6, 6.07) is 14.7. The maximum atomic E-state index is 12.6. The fourth-order valence-corrected chi connectivity index (χ4v) is 7.87. The van der Waals surface area contributed by atoms with Gasteiger partial charge in [0.05, 0.1) is 31.1 Å². The van der Waals surface area contributed by atoms with Gasteiger partial charge < -0.3 is 9.64 Å². The zero-order valence-electron chi connectivity index (χ0n) is 15.6. The summed E-state index contributed by atoms with van der Waals surface area (Å²) in [6.07, 6.45) is 0.175. The molecule has 2 aliphatic heterocycles. The first-order chi connectivity index (χ1) is 13.8. The number of amides is 1. The van der Waals surface area contributed by atoms with Crippen molar-refractivity contribution in [1.82, 2.24) is 0 Å². The van der Waals surface area contributed by atoms with E-state index in [0.29, 0.717) is 5.17 Å². The number of fused-ring (bicyclic) bond motifs is 1. The number of thioether (sulfide) groups is 1. The van der Waals surface area contributed by atoms with Gasteiger partial charge in [-0.05, 0) is 35.9 Å². The molecule has 1 amide bonds. The van der Waals surface area contributed by atoms with Crippen molar-refractivity contribution in [2.45, 2.75) is 17.7 Å². The number of hydrogen-bond donors (Lipinski definition) is 0. The van der Waals surface area contributed by atoms with Crippen molar-refractivity contribution in [3.63, 3.8) is 0 Å². The summed E-state index contributed by atoms with van der Waals surface area (Å²) < 4.78 is 30.3. The molecule has 2 atom stereocenters. The number of nitrogens with zero attached hydrogens (tertiary/aromatic N) is 2. The smallest absolute Gasteiger partial charge is 0.252 e. The van der Waals surface area contributed by atoms with Crippen LogP contribution in [-0.2, 0) is 21.1 Å². The van der Waals surface area contributed by atoms with Crippen LogP contribution >= 0.6 is 27.7 Å². The molecule has 0 saturated carbocycles. The molecule has 2 fully saturated rings. The molecule has 0 spiro atoms. The molecule has 0 N–H and O–H groups in total. The van der Waals surface area contributed by atoms with E-state index in [2.05, 4.69) is 20.9 Å². The number of carbonyl (C=O) groups excluding carboxylic acids is 1. The van der Waals surface area contributed by atoms with E-state index >= 15 is 0 Å². The number of rotatable bonds is 4. The van der Waals surface area contributed by atoms with Gasteiger partial charge in [0.2, 0.25) is 0 Å². The number of aliphatic imine (C=N–C) groups is 1. The first-order valence-corrected chi connectivity index (χ1v) is 12.5. The van der Waals surface area contributed by atoms with Crippen LogP contribution < -0.4 is 9.64 Å². The zero-order valence-corrected chi connectivity index (χ0v) is 18.8. The number of sulfone groups is 1. The van der Waals surface area contributed by atoms with Gasteiger partial charge in [0.15, 0.2) is 15.0 Å². The van der Waals surface area contributed by atoms with Gasteiger partial charge in [0, 0.05) is 15.4 Å². The molecular weight excluding hydrogens is 476 g/mol. The molecule has 0 unspecified atom stereocenters. The zero-order chi connectivity index (χ0) is 20.6. The molecule has 2 aromatic rings. The Morgan fingerprint density at radius 3 is 2.69 bits per heavy atom. The van der Waals surface area contributed by atoms with E-state index in [4.69, 9.17) is 4.74 Å². The first kappa shape index (κ1) is 20.4. The highest BCUT2D eigenvalue weighted by Crippen LogP contribution is 2.41. The summed E-state index contributed by atoms with van der Waals surface area (Å²) in [7, 11) is -1.50. The second-order valence-electron chi connectivity index (χ2n) is 6.96. The second kappa shape index (κ2) is 8.12. The topological polar surface area (TPSA) is 76.0 Å². The van der Waals surface area contributed by atoms with Gasteiger partial charge in [0.25, 0.3) is 5.91 Å². The van der Waals surface area contributed by atoms with E-state index < -0.39 is 9.84 Å². The van der Waals surface area contributed by atoms with Gasteiger partial charge in [0.1, 0.15) is 5.75 Å². The minimum Gasteiger partial charge on any atom is -0.497 e. The molecule has 0 bridgehead atoms. The van der Waals surface area contributed by atoms with Crippen LogP contribution in [0.5, 0.6) is 5.75 Å². The minimum absolute atomic E-state index is 0.0723. The first-order valence-electron chi connectivity index (χ1n) is 9.01. The van der Waals surface area contributed by atoms with Crippen molar-refractivity contribution in [1.29, 1.82) is 0 Å². The van der Waals surface area contributed by atoms with Crippen LogP contribution in [-0.4, -0.2) is 49.4 Å². The molecule has 0 aromatic heterocycles. The average molecular weight is 495 g/mol. The Hall–Kier alpha value is -1.84.